The molecule has 4 unspecified atom stereocenters. The van der Waals surface area contributed by atoms with E-state index in [-0.39, 0.29) is 46.4 Å². The normalized spacial score (nSPS) is 27.2. The molecule has 0 saturated carbocycles. The second-order valence-corrected chi connectivity index (χ2v) is 13.0. The van der Waals surface area contributed by atoms with Crippen LogP contribution in [0.5, 0.6) is 11.5 Å². The van der Waals surface area contributed by atoms with Crippen molar-refractivity contribution >= 4 is 17.5 Å². The maximum atomic E-state index is 14.2. The quantitative estimate of drug-likeness (QED) is 0.319. The van der Waals surface area contributed by atoms with Crippen molar-refractivity contribution in [1.29, 1.82) is 0 Å². The van der Waals surface area contributed by atoms with Crippen LogP contribution in [-0.2, 0) is 32.0 Å². The summed E-state index contributed by atoms with van der Waals surface area (Å²) in [5.74, 6) is -1.47. The number of allylic oxidation sites excluding steroid dienone is 1. The van der Waals surface area contributed by atoms with Crippen molar-refractivity contribution in [2.45, 2.75) is 58.2 Å². The first-order valence-electron chi connectivity index (χ1n) is 14.1. The second kappa shape index (κ2) is 10.3. The Kier molecular flexibility index (Phi) is 7.33. The molecule has 5 rings (SSSR count). The fourth-order valence-corrected chi connectivity index (χ4v) is 7.33. The Morgan fingerprint density at radius 1 is 1.24 bits per heavy atom. The predicted molar refractivity (Wildman–Crippen MR) is 151 cm³/mol. The van der Waals surface area contributed by atoms with E-state index in [0.29, 0.717) is 47.6 Å². The van der Waals surface area contributed by atoms with Gasteiger partial charge in [-0.15, -0.1) is 0 Å². The highest BCUT2D eigenvalue weighted by Crippen LogP contribution is 2.60. The van der Waals surface area contributed by atoms with Crippen LogP contribution >= 0.6 is 0 Å². The number of hydrogen-bond acceptors (Lipinski definition) is 9. The number of rotatable bonds is 8. The van der Waals surface area contributed by atoms with Gasteiger partial charge in [0.15, 0.2) is 17.2 Å². The van der Waals surface area contributed by atoms with Crippen molar-refractivity contribution in [3.8, 4) is 11.5 Å². The minimum atomic E-state index is -1.24. The fourth-order valence-electron chi connectivity index (χ4n) is 7.33. The number of nitrogens with zero attached hydrogens (tertiary/aromatic N) is 1. The lowest BCUT2D eigenvalue weighted by atomic mass is 9.55. The van der Waals surface area contributed by atoms with Gasteiger partial charge in [0.2, 0.25) is 0 Å². The summed E-state index contributed by atoms with van der Waals surface area (Å²) in [4.78, 5) is 42.1. The van der Waals surface area contributed by atoms with Crippen molar-refractivity contribution in [1.82, 2.24) is 10.2 Å². The summed E-state index contributed by atoms with van der Waals surface area (Å²) in [6.07, 6.45) is 1.83. The Morgan fingerprint density at radius 2 is 1.95 bits per heavy atom. The highest BCUT2D eigenvalue weighted by atomic mass is 16.6. The van der Waals surface area contributed by atoms with E-state index in [4.69, 9.17) is 19.9 Å². The molecule has 1 aromatic carbocycles. The number of benzene rings is 1. The number of nitrogens with two attached hydrogens (primary N) is 1. The van der Waals surface area contributed by atoms with E-state index in [0.717, 1.165) is 18.5 Å². The number of amides is 1. The fraction of sp³-hybridized carbons (Fsp3) is 0.581. The minimum absolute atomic E-state index is 0.0564. The van der Waals surface area contributed by atoms with E-state index in [9.17, 15) is 19.5 Å². The molecular weight excluding hydrogens is 526 g/mol. The number of aromatic hydroxyl groups is 1. The number of ketones is 2. The van der Waals surface area contributed by atoms with Gasteiger partial charge in [0.05, 0.1) is 38.0 Å². The van der Waals surface area contributed by atoms with Crippen LogP contribution in [0.3, 0.4) is 0 Å². The highest BCUT2D eigenvalue weighted by Gasteiger charge is 2.67. The summed E-state index contributed by atoms with van der Waals surface area (Å²) in [7, 11) is 6.61. The lowest BCUT2D eigenvalue weighted by molar-refractivity contribution is -0.164. The third kappa shape index (κ3) is 4.38. The number of hydrogen-bond donors (Lipinski definition) is 3. The first kappa shape index (κ1) is 29.3. The number of carbonyl (C=O) groups is 3. The summed E-state index contributed by atoms with van der Waals surface area (Å²) in [6, 6.07) is 0.896. The molecule has 0 bridgehead atoms. The van der Waals surface area contributed by atoms with E-state index >= 15 is 0 Å². The Morgan fingerprint density at radius 3 is 2.49 bits per heavy atom. The lowest BCUT2D eigenvalue weighted by Crippen LogP contribution is -2.68. The Balaban J connectivity index is 1.62. The maximum Gasteiger partial charge on any atom is 0.252 e. The van der Waals surface area contributed by atoms with Gasteiger partial charge in [0, 0.05) is 34.7 Å². The van der Waals surface area contributed by atoms with Gasteiger partial charge in [-0.2, -0.15) is 0 Å². The number of phenolic OH excluding ortho intramolecular Hbond substituents is 1. The van der Waals surface area contributed by atoms with E-state index in [2.05, 4.69) is 26.1 Å². The van der Waals surface area contributed by atoms with Crippen LogP contribution in [0.4, 0.5) is 0 Å². The van der Waals surface area contributed by atoms with Crippen LogP contribution in [0.15, 0.2) is 28.5 Å². The standard InChI is InChI=1S/C31H41N3O7/c1-30(2,3)8-9-33-13-16-12-20(35)22-17(27(16)39-6)10-15-11-18-24(34(4)5)26(37)23(29(32)38)19-14-41-31(18,19)28(40-7)21(15)25(22)36/h12,15,18,24,33,35H,8-11,13-14H2,1-7H3,(H2,32,38). The van der Waals surface area contributed by atoms with Crippen LogP contribution in [0.1, 0.15) is 55.1 Å². The van der Waals surface area contributed by atoms with E-state index < -0.39 is 23.5 Å². The zero-order valence-electron chi connectivity index (χ0n) is 25.0. The molecule has 0 aromatic heterocycles. The number of ether oxygens (including phenoxy) is 3. The highest BCUT2D eigenvalue weighted by molar-refractivity contribution is 6.23. The molecule has 1 aromatic rings. The van der Waals surface area contributed by atoms with Gasteiger partial charge < -0.3 is 30.4 Å². The van der Waals surface area contributed by atoms with Crippen molar-refractivity contribution in [3.05, 3.63) is 45.2 Å². The molecule has 1 spiro atoms. The molecule has 1 heterocycles. The number of Topliss-reactive ketones (excluding diaryl/α,β-unsaturated/α-hetero) is 2. The Bertz CT molecular complexity index is 1390. The van der Waals surface area contributed by atoms with Crippen molar-refractivity contribution in [2.75, 3.05) is 41.5 Å². The van der Waals surface area contributed by atoms with E-state index in [1.807, 2.05) is 0 Å². The maximum absolute atomic E-state index is 14.2. The molecule has 0 radical (unpaired) electrons. The molecule has 4 aliphatic rings. The largest absolute Gasteiger partial charge is 0.507 e. The lowest BCUT2D eigenvalue weighted by Gasteiger charge is -2.59. The molecule has 1 saturated heterocycles. The van der Waals surface area contributed by atoms with Gasteiger partial charge in [0.1, 0.15) is 17.3 Å². The summed E-state index contributed by atoms with van der Waals surface area (Å²) in [5.41, 5.74) is 7.05. The second-order valence-electron chi connectivity index (χ2n) is 13.0. The van der Waals surface area contributed by atoms with Crippen LogP contribution in [-0.4, -0.2) is 80.6 Å². The van der Waals surface area contributed by atoms with Crippen molar-refractivity contribution in [3.63, 3.8) is 0 Å². The van der Waals surface area contributed by atoms with Crippen LogP contribution < -0.4 is 15.8 Å². The van der Waals surface area contributed by atoms with Gasteiger partial charge in [-0.1, -0.05) is 20.8 Å². The molecule has 4 atom stereocenters. The monoisotopic (exact) mass is 567 g/mol. The zero-order valence-corrected chi connectivity index (χ0v) is 25.0. The number of carbonyl (C=O) groups excluding carboxylic acids is 3. The molecule has 222 valence electrons. The Labute approximate surface area is 240 Å². The number of methoxy groups -OCH3 is 2. The summed E-state index contributed by atoms with van der Waals surface area (Å²) < 4.78 is 18.0. The number of primary amides is 1. The molecule has 10 nitrogen and oxygen atoms in total. The van der Waals surface area contributed by atoms with Crippen molar-refractivity contribution < 1.29 is 33.7 Å². The van der Waals surface area contributed by atoms with Gasteiger partial charge in [0.25, 0.3) is 5.91 Å². The Hall–Kier alpha value is -3.21. The van der Waals surface area contributed by atoms with E-state index in [1.54, 1.807) is 32.2 Å². The first-order valence-corrected chi connectivity index (χ1v) is 14.1. The summed E-state index contributed by atoms with van der Waals surface area (Å²) in [6.45, 7) is 7.88. The molecule has 10 heteroatoms. The molecule has 4 N–H and O–H groups in total. The van der Waals surface area contributed by atoms with E-state index in [1.165, 1.54) is 7.11 Å². The SMILES string of the molecule is COC1=C2C(=O)c3c(O)cc(CNCCC(C)(C)C)c(OC)c3CC2CC2C(N(C)C)C(=O)C(C(N)=O)=C3COC312. The number of nitrogens with one attached hydrogen (secondary N) is 1. The molecule has 1 fully saturated rings. The minimum Gasteiger partial charge on any atom is -0.507 e. The third-order valence-corrected chi connectivity index (χ3v) is 9.08. The zero-order chi connectivity index (χ0) is 30.0. The molecular formula is C31H41N3O7. The first-order chi connectivity index (χ1) is 19.3. The predicted octanol–water partition coefficient (Wildman–Crippen LogP) is 2.27. The van der Waals surface area contributed by atoms with Gasteiger partial charge in [-0.3, -0.25) is 19.3 Å². The molecule has 1 aliphatic heterocycles. The smallest absolute Gasteiger partial charge is 0.252 e. The molecule has 41 heavy (non-hydrogen) atoms. The van der Waals surface area contributed by atoms with Gasteiger partial charge in [-0.25, -0.2) is 0 Å². The number of fused-ring (bicyclic) bond motifs is 2. The summed E-state index contributed by atoms with van der Waals surface area (Å²) in [5, 5.41) is 14.6. The van der Waals surface area contributed by atoms with Crippen LogP contribution in [0.25, 0.3) is 0 Å². The van der Waals surface area contributed by atoms with Crippen LogP contribution in [0, 0.1) is 17.3 Å². The molecule has 1 amide bonds. The van der Waals surface area contributed by atoms with Gasteiger partial charge >= 0.3 is 0 Å². The van der Waals surface area contributed by atoms with Crippen molar-refractivity contribution in [2.24, 2.45) is 23.0 Å². The number of likely N-dealkylation sites (N-methyl/N-ethyl adjacent to an activating group) is 1. The topological polar surface area (TPSA) is 140 Å². The third-order valence-electron chi connectivity index (χ3n) is 9.08. The van der Waals surface area contributed by atoms with Crippen LogP contribution in [0.2, 0.25) is 0 Å². The number of phenols is 1. The van der Waals surface area contributed by atoms with Gasteiger partial charge in [-0.05, 0) is 57.3 Å². The summed E-state index contributed by atoms with van der Waals surface area (Å²) >= 11 is 0. The average Bonchev–Trinajstić information content (AvgIpc) is 2.86. The molecule has 3 aliphatic carbocycles. The average molecular weight is 568 g/mol.